The van der Waals surface area contributed by atoms with Crippen LogP contribution in [-0.4, -0.2) is 57.7 Å². The molecule has 7 nitrogen and oxygen atoms in total. The van der Waals surface area contributed by atoms with Crippen molar-refractivity contribution in [2.45, 2.75) is 68.6 Å². The lowest BCUT2D eigenvalue weighted by molar-refractivity contribution is -0.187. The van der Waals surface area contributed by atoms with Crippen molar-refractivity contribution < 1.29 is 14.3 Å². The lowest BCUT2D eigenvalue weighted by Gasteiger charge is -2.38. The molecule has 2 aliphatic heterocycles. The third-order valence-corrected chi connectivity index (χ3v) is 8.06. The Kier molecular flexibility index (Phi) is 8.11. The average Bonchev–Trinajstić information content (AvgIpc) is 3.31. The van der Waals surface area contributed by atoms with Gasteiger partial charge in [-0.1, -0.05) is 61.9 Å². The number of carbonyl (C=O) groups excluding carboxylic acids is 1. The van der Waals surface area contributed by atoms with Crippen molar-refractivity contribution in [3.05, 3.63) is 57.5 Å². The van der Waals surface area contributed by atoms with Crippen molar-refractivity contribution in [2.24, 2.45) is 7.05 Å². The number of likely N-dealkylation sites (tertiary alicyclic amines) is 1. The Morgan fingerprint density at radius 3 is 2.50 bits per heavy atom. The zero-order valence-corrected chi connectivity index (χ0v) is 21.2. The predicted molar refractivity (Wildman–Crippen MR) is 133 cm³/mol. The van der Waals surface area contributed by atoms with E-state index in [0.29, 0.717) is 56.3 Å². The van der Waals surface area contributed by atoms with Gasteiger partial charge in [0.25, 0.3) is 5.56 Å². The summed E-state index contributed by atoms with van der Waals surface area (Å²) in [4.78, 5) is 33.4. The van der Waals surface area contributed by atoms with Crippen molar-refractivity contribution in [2.75, 3.05) is 26.3 Å². The molecule has 2 saturated heterocycles. The standard InChI is InChI=1S/C26H35N3O4S/c1-4-5-11-22(24(31)29-14-12-26(13-15-29)32-16-17-33-26)34-25-27-19(2)21(23(30)28(25)3)18-20-9-7-6-8-10-20/h6-10,22H,4-5,11-18H2,1-3H3. The van der Waals surface area contributed by atoms with Gasteiger partial charge in [0, 0.05) is 50.7 Å². The summed E-state index contributed by atoms with van der Waals surface area (Å²) in [6.07, 6.45) is 4.68. The number of piperidine rings is 1. The first kappa shape index (κ1) is 24.9. The Morgan fingerprint density at radius 2 is 1.85 bits per heavy atom. The smallest absolute Gasteiger partial charge is 0.257 e. The molecule has 1 atom stereocenters. The van der Waals surface area contributed by atoms with Gasteiger partial charge < -0.3 is 14.4 Å². The molecule has 3 heterocycles. The molecule has 1 spiro atoms. The molecule has 4 rings (SSSR count). The lowest BCUT2D eigenvalue weighted by Crippen LogP contribution is -2.49. The minimum Gasteiger partial charge on any atom is -0.347 e. The number of hydrogen-bond acceptors (Lipinski definition) is 6. The van der Waals surface area contributed by atoms with E-state index in [4.69, 9.17) is 14.5 Å². The lowest BCUT2D eigenvalue weighted by atomic mass is 10.0. The second-order valence-electron chi connectivity index (χ2n) is 9.17. The molecule has 2 fully saturated rings. The summed E-state index contributed by atoms with van der Waals surface area (Å²) in [5.41, 5.74) is 2.47. The fourth-order valence-electron chi connectivity index (χ4n) is 4.65. The monoisotopic (exact) mass is 485 g/mol. The zero-order valence-electron chi connectivity index (χ0n) is 20.4. The summed E-state index contributed by atoms with van der Waals surface area (Å²) in [5, 5.41) is 0.335. The number of carbonyl (C=O) groups is 1. The van der Waals surface area contributed by atoms with E-state index in [9.17, 15) is 9.59 Å². The van der Waals surface area contributed by atoms with Gasteiger partial charge >= 0.3 is 0 Å². The van der Waals surface area contributed by atoms with E-state index in [1.807, 2.05) is 42.2 Å². The molecule has 0 bridgehead atoms. The van der Waals surface area contributed by atoms with Crippen molar-refractivity contribution in [1.82, 2.24) is 14.5 Å². The second kappa shape index (κ2) is 11.1. The molecule has 0 aliphatic carbocycles. The minimum absolute atomic E-state index is 0.0454. The third kappa shape index (κ3) is 5.56. The van der Waals surface area contributed by atoms with Crippen LogP contribution in [0, 0.1) is 6.92 Å². The van der Waals surface area contributed by atoms with Crippen LogP contribution >= 0.6 is 11.8 Å². The molecule has 1 aromatic heterocycles. The van der Waals surface area contributed by atoms with Crippen molar-refractivity contribution in [1.29, 1.82) is 0 Å². The Balaban J connectivity index is 1.50. The average molecular weight is 486 g/mol. The first-order valence-electron chi connectivity index (χ1n) is 12.3. The van der Waals surface area contributed by atoms with Crippen LogP contribution in [0.15, 0.2) is 40.3 Å². The number of rotatable bonds is 8. The van der Waals surface area contributed by atoms with Crippen LogP contribution < -0.4 is 5.56 Å². The topological polar surface area (TPSA) is 73.7 Å². The highest BCUT2D eigenvalue weighted by Crippen LogP contribution is 2.33. The van der Waals surface area contributed by atoms with Crippen LogP contribution in [0.1, 0.15) is 55.8 Å². The van der Waals surface area contributed by atoms with Gasteiger partial charge in [0.15, 0.2) is 10.9 Å². The maximum absolute atomic E-state index is 13.5. The van der Waals surface area contributed by atoms with E-state index in [1.54, 1.807) is 11.6 Å². The number of aryl methyl sites for hydroxylation is 1. The summed E-state index contributed by atoms with van der Waals surface area (Å²) < 4.78 is 13.2. The van der Waals surface area contributed by atoms with E-state index in [2.05, 4.69) is 6.92 Å². The molecule has 1 amide bonds. The van der Waals surface area contributed by atoms with Crippen LogP contribution in [0.5, 0.6) is 0 Å². The highest BCUT2D eigenvalue weighted by molar-refractivity contribution is 8.00. The third-order valence-electron chi connectivity index (χ3n) is 6.77. The molecule has 2 aliphatic rings. The summed E-state index contributed by atoms with van der Waals surface area (Å²) in [7, 11) is 1.76. The first-order valence-corrected chi connectivity index (χ1v) is 13.1. The number of thioether (sulfide) groups is 1. The quantitative estimate of drug-likeness (QED) is 0.419. The first-order chi connectivity index (χ1) is 16.4. The zero-order chi connectivity index (χ0) is 24.1. The van der Waals surface area contributed by atoms with Gasteiger partial charge in [0.1, 0.15) is 0 Å². The normalized spacial score (nSPS) is 18.4. The fraction of sp³-hybridized carbons (Fsp3) is 0.577. The molecule has 8 heteroatoms. The minimum atomic E-state index is -0.500. The summed E-state index contributed by atoms with van der Waals surface area (Å²) in [5.74, 6) is -0.383. The maximum atomic E-state index is 13.5. The number of unbranched alkanes of at least 4 members (excludes halogenated alkanes) is 1. The van der Waals surface area contributed by atoms with E-state index >= 15 is 0 Å². The van der Waals surface area contributed by atoms with Crippen LogP contribution in [-0.2, 0) is 27.7 Å². The van der Waals surface area contributed by atoms with E-state index in [1.165, 1.54) is 11.8 Å². The molecule has 34 heavy (non-hydrogen) atoms. The largest absolute Gasteiger partial charge is 0.347 e. The maximum Gasteiger partial charge on any atom is 0.257 e. The SMILES string of the molecule is CCCCC(Sc1nc(C)c(Cc2ccccc2)c(=O)n1C)C(=O)N1CCC2(CC1)OCCO2. The van der Waals surface area contributed by atoms with Gasteiger partial charge in [-0.05, 0) is 18.9 Å². The number of hydrogen-bond donors (Lipinski definition) is 0. The predicted octanol–water partition coefficient (Wildman–Crippen LogP) is 3.70. The van der Waals surface area contributed by atoms with Crippen molar-refractivity contribution >= 4 is 17.7 Å². The van der Waals surface area contributed by atoms with Crippen LogP contribution in [0.4, 0.5) is 0 Å². The number of aromatic nitrogens is 2. The van der Waals surface area contributed by atoms with Crippen LogP contribution in [0.3, 0.4) is 0 Å². The number of nitrogens with zero attached hydrogens (tertiary/aromatic N) is 3. The van der Waals surface area contributed by atoms with Gasteiger partial charge in [0.2, 0.25) is 5.91 Å². The van der Waals surface area contributed by atoms with Gasteiger partial charge in [-0.25, -0.2) is 4.98 Å². The number of benzene rings is 1. The van der Waals surface area contributed by atoms with Gasteiger partial charge in [-0.2, -0.15) is 0 Å². The number of amides is 1. The van der Waals surface area contributed by atoms with E-state index < -0.39 is 5.79 Å². The van der Waals surface area contributed by atoms with Crippen LogP contribution in [0.25, 0.3) is 0 Å². The molecule has 0 saturated carbocycles. The molecule has 0 N–H and O–H groups in total. The van der Waals surface area contributed by atoms with Crippen molar-refractivity contribution in [3.63, 3.8) is 0 Å². The highest BCUT2D eigenvalue weighted by Gasteiger charge is 2.41. The van der Waals surface area contributed by atoms with E-state index in [0.717, 1.165) is 30.5 Å². The van der Waals surface area contributed by atoms with E-state index in [-0.39, 0.29) is 16.7 Å². The van der Waals surface area contributed by atoms with Crippen LogP contribution in [0.2, 0.25) is 0 Å². The molecule has 1 unspecified atom stereocenters. The van der Waals surface area contributed by atoms with Crippen molar-refractivity contribution in [3.8, 4) is 0 Å². The Labute approximate surface area is 205 Å². The fourth-order valence-corrected chi connectivity index (χ4v) is 5.87. The summed E-state index contributed by atoms with van der Waals surface area (Å²) in [6, 6.07) is 9.96. The molecule has 0 radical (unpaired) electrons. The highest BCUT2D eigenvalue weighted by atomic mass is 32.2. The summed E-state index contributed by atoms with van der Waals surface area (Å²) in [6.45, 7) is 6.53. The summed E-state index contributed by atoms with van der Waals surface area (Å²) >= 11 is 1.42. The Bertz CT molecular complexity index is 1040. The Morgan fingerprint density at radius 1 is 1.18 bits per heavy atom. The van der Waals surface area contributed by atoms with Gasteiger partial charge in [-0.3, -0.25) is 14.2 Å². The van der Waals surface area contributed by atoms with Gasteiger partial charge in [0.05, 0.1) is 18.5 Å². The Hall–Kier alpha value is -2.16. The second-order valence-corrected chi connectivity index (χ2v) is 10.3. The molecule has 2 aromatic rings. The molecular weight excluding hydrogens is 450 g/mol. The molecule has 184 valence electrons. The molecular formula is C26H35N3O4S. The number of ether oxygens (including phenoxy) is 2. The molecule has 1 aromatic carbocycles. The van der Waals surface area contributed by atoms with Gasteiger partial charge in [-0.15, -0.1) is 0 Å².